The van der Waals surface area contributed by atoms with E-state index >= 15 is 0 Å². The molecule has 0 saturated carbocycles. The van der Waals surface area contributed by atoms with Crippen molar-refractivity contribution in [3.63, 3.8) is 0 Å². The highest BCUT2D eigenvalue weighted by Crippen LogP contribution is 2.24. The van der Waals surface area contributed by atoms with E-state index < -0.39 is 0 Å². The topological polar surface area (TPSA) is 33.3 Å². The Hall–Kier alpha value is -2.30. The van der Waals surface area contributed by atoms with Gasteiger partial charge in [-0.2, -0.15) is 0 Å². The van der Waals surface area contributed by atoms with Crippen molar-refractivity contribution in [1.82, 2.24) is 5.43 Å². The van der Waals surface area contributed by atoms with Gasteiger partial charge in [-0.1, -0.05) is 70.5 Å². The maximum atomic E-state index is 6.01. The largest absolute Gasteiger partial charge is 0.489 e. The van der Waals surface area contributed by atoms with Crippen LogP contribution in [0.3, 0.4) is 0 Å². The Morgan fingerprint density at radius 1 is 0.833 bits per heavy atom. The van der Waals surface area contributed by atoms with E-state index in [9.17, 15) is 0 Å². The van der Waals surface area contributed by atoms with E-state index in [1.165, 1.54) is 0 Å². The van der Waals surface area contributed by atoms with Gasteiger partial charge in [-0.05, 0) is 29.8 Å². The highest BCUT2D eigenvalue weighted by molar-refractivity contribution is 9.10. The number of nitrogens with one attached hydrogen (secondary N) is 2. The van der Waals surface area contributed by atoms with E-state index in [1.54, 1.807) is 0 Å². The molecule has 0 unspecified atom stereocenters. The summed E-state index contributed by atoms with van der Waals surface area (Å²) in [5.41, 5.74) is 9.70. The van der Waals surface area contributed by atoms with Crippen molar-refractivity contribution in [2.24, 2.45) is 0 Å². The highest BCUT2D eigenvalue weighted by Gasteiger charge is 2.05. The number of benzene rings is 3. The maximum Gasteiger partial charge on any atom is 0.125 e. The van der Waals surface area contributed by atoms with Gasteiger partial charge in [-0.25, -0.2) is 5.43 Å². The summed E-state index contributed by atoms with van der Waals surface area (Å²) in [5, 5.41) is 0. The summed E-state index contributed by atoms with van der Waals surface area (Å²) in [4.78, 5) is 0. The van der Waals surface area contributed by atoms with Gasteiger partial charge < -0.3 is 10.2 Å². The molecule has 0 fully saturated rings. The van der Waals surface area contributed by atoms with Crippen LogP contribution in [0.2, 0.25) is 0 Å². The molecule has 24 heavy (non-hydrogen) atoms. The average Bonchev–Trinajstić information content (AvgIpc) is 2.63. The molecule has 0 aromatic heterocycles. The molecule has 0 spiro atoms. The minimum Gasteiger partial charge on any atom is -0.489 e. The Labute approximate surface area is 150 Å². The molecule has 2 N–H and O–H groups in total. The van der Waals surface area contributed by atoms with E-state index in [0.29, 0.717) is 13.2 Å². The zero-order valence-electron chi connectivity index (χ0n) is 13.2. The minimum absolute atomic E-state index is 0.552. The predicted octanol–water partition coefficient (Wildman–Crippen LogP) is 5.14. The summed E-state index contributed by atoms with van der Waals surface area (Å²) in [5.74, 6) is 0.871. The average molecular weight is 383 g/mol. The van der Waals surface area contributed by atoms with Crippen LogP contribution in [0.15, 0.2) is 83.3 Å². The first-order chi connectivity index (χ1) is 11.8. The molecule has 122 valence electrons. The fourth-order valence-electron chi connectivity index (χ4n) is 2.31. The van der Waals surface area contributed by atoms with Gasteiger partial charge in [0.25, 0.3) is 0 Å². The molecule has 0 atom stereocenters. The molecular formula is C20H19BrN2O. The van der Waals surface area contributed by atoms with Crippen molar-refractivity contribution in [2.45, 2.75) is 13.2 Å². The Kier molecular flexibility index (Phi) is 5.88. The minimum atomic E-state index is 0.552. The van der Waals surface area contributed by atoms with Gasteiger partial charge in [0.1, 0.15) is 12.4 Å². The third-order valence-corrected chi connectivity index (χ3v) is 4.04. The quantitative estimate of drug-likeness (QED) is 0.554. The number of hydrogen-bond donors (Lipinski definition) is 2. The highest BCUT2D eigenvalue weighted by atomic mass is 79.9. The van der Waals surface area contributed by atoms with Gasteiger partial charge in [-0.15, -0.1) is 0 Å². The SMILES string of the molecule is Brc1ccc(CNNc2ccccc2)c(OCc2ccccc2)c1. The van der Waals surface area contributed by atoms with Gasteiger partial charge in [0.15, 0.2) is 0 Å². The summed E-state index contributed by atoms with van der Waals surface area (Å²) in [6, 6.07) is 26.3. The normalized spacial score (nSPS) is 10.4. The van der Waals surface area contributed by atoms with E-state index in [4.69, 9.17) is 4.74 Å². The summed E-state index contributed by atoms with van der Waals surface area (Å²) in [6.07, 6.45) is 0. The van der Waals surface area contributed by atoms with Crippen molar-refractivity contribution in [3.05, 3.63) is 94.5 Å². The molecule has 3 aromatic carbocycles. The second kappa shape index (κ2) is 8.52. The molecule has 0 amide bonds. The van der Waals surface area contributed by atoms with Crippen molar-refractivity contribution in [1.29, 1.82) is 0 Å². The lowest BCUT2D eigenvalue weighted by Gasteiger charge is -2.14. The van der Waals surface area contributed by atoms with Crippen molar-refractivity contribution >= 4 is 21.6 Å². The third-order valence-electron chi connectivity index (χ3n) is 3.55. The molecule has 0 radical (unpaired) electrons. The smallest absolute Gasteiger partial charge is 0.125 e. The number of hydrogen-bond acceptors (Lipinski definition) is 3. The molecule has 0 aliphatic heterocycles. The summed E-state index contributed by atoms with van der Waals surface area (Å²) < 4.78 is 7.01. The van der Waals surface area contributed by atoms with Crippen LogP contribution in [-0.2, 0) is 13.2 Å². The molecule has 0 aliphatic carbocycles. The number of anilines is 1. The molecule has 4 heteroatoms. The number of para-hydroxylation sites is 1. The maximum absolute atomic E-state index is 6.01. The van der Waals surface area contributed by atoms with E-state index in [1.807, 2.05) is 60.7 Å². The second-order valence-electron chi connectivity index (χ2n) is 5.37. The Bertz CT molecular complexity index is 763. The predicted molar refractivity (Wildman–Crippen MR) is 102 cm³/mol. The molecule has 0 saturated heterocycles. The second-order valence-corrected chi connectivity index (χ2v) is 6.29. The van der Waals surface area contributed by atoms with Crippen LogP contribution in [0.25, 0.3) is 0 Å². The van der Waals surface area contributed by atoms with Crippen LogP contribution in [0.1, 0.15) is 11.1 Å². The lowest BCUT2D eigenvalue weighted by Crippen LogP contribution is -2.21. The summed E-state index contributed by atoms with van der Waals surface area (Å²) >= 11 is 3.51. The van der Waals surface area contributed by atoms with E-state index in [-0.39, 0.29) is 0 Å². The van der Waals surface area contributed by atoms with Crippen molar-refractivity contribution < 1.29 is 4.74 Å². The van der Waals surface area contributed by atoms with E-state index in [2.05, 4.69) is 45.0 Å². The van der Waals surface area contributed by atoms with Gasteiger partial charge in [0.2, 0.25) is 0 Å². The van der Waals surface area contributed by atoms with Gasteiger partial charge in [0, 0.05) is 22.3 Å². The Morgan fingerprint density at radius 2 is 1.54 bits per heavy atom. The van der Waals surface area contributed by atoms with Gasteiger partial charge in [-0.3, -0.25) is 0 Å². The van der Waals surface area contributed by atoms with Gasteiger partial charge >= 0.3 is 0 Å². The third kappa shape index (κ3) is 4.85. The number of ether oxygens (including phenoxy) is 1. The summed E-state index contributed by atoms with van der Waals surface area (Å²) in [6.45, 7) is 1.21. The first-order valence-electron chi connectivity index (χ1n) is 7.80. The number of rotatable bonds is 7. The monoisotopic (exact) mass is 382 g/mol. The molecule has 0 aliphatic rings. The van der Waals surface area contributed by atoms with Crippen molar-refractivity contribution in [3.8, 4) is 5.75 Å². The van der Waals surface area contributed by atoms with Crippen LogP contribution < -0.4 is 15.6 Å². The fraction of sp³-hybridized carbons (Fsp3) is 0.100. The van der Waals surface area contributed by atoms with Crippen LogP contribution >= 0.6 is 15.9 Å². The van der Waals surface area contributed by atoms with Gasteiger partial charge in [0.05, 0.1) is 0 Å². The standard InChI is InChI=1S/C20H19BrN2O/c21-18-12-11-17(14-22-23-19-9-5-2-6-10-19)20(13-18)24-15-16-7-3-1-4-8-16/h1-13,22-23H,14-15H2. The Morgan fingerprint density at radius 3 is 2.29 bits per heavy atom. The molecule has 3 rings (SSSR count). The molecule has 3 nitrogen and oxygen atoms in total. The van der Waals surface area contributed by atoms with Crippen LogP contribution in [0.4, 0.5) is 5.69 Å². The lowest BCUT2D eigenvalue weighted by molar-refractivity contribution is 0.302. The molecule has 3 aromatic rings. The molecule has 0 heterocycles. The lowest BCUT2D eigenvalue weighted by atomic mass is 10.2. The number of halogens is 1. The van der Waals surface area contributed by atoms with Crippen molar-refractivity contribution in [2.75, 3.05) is 5.43 Å². The number of hydrazine groups is 1. The molecule has 0 bridgehead atoms. The molecular weight excluding hydrogens is 364 g/mol. The Balaban J connectivity index is 1.62. The summed E-state index contributed by atoms with van der Waals surface area (Å²) in [7, 11) is 0. The van der Waals surface area contributed by atoms with Crippen LogP contribution in [-0.4, -0.2) is 0 Å². The van der Waals surface area contributed by atoms with Crippen LogP contribution in [0, 0.1) is 0 Å². The first kappa shape index (κ1) is 16.6. The fourth-order valence-corrected chi connectivity index (χ4v) is 2.65. The zero-order valence-corrected chi connectivity index (χ0v) is 14.8. The first-order valence-corrected chi connectivity index (χ1v) is 8.59. The van der Waals surface area contributed by atoms with E-state index in [0.717, 1.165) is 27.0 Å². The zero-order chi connectivity index (χ0) is 16.6. The van der Waals surface area contributed by atoms with Crippen LogP contribution in [0.5, 0.6) is 5.75 Å².